The predicted molar refractivity (Wildman–Crippen MR) is 66.5 cm³/mol. The molecule has 1 saturated heterocycles. The third-order valence-electron chi connectivity index (χ3n) is 3.01. The Labute approximate surface area is 108 Å². The van der Waals surface area contributed by atoms with Crippen molar-refractivity contribution in [1.82, 2.24) is 10.2 Å². The summed E-state index contributed by atoms with van der Waals surface area (Å²) < 4.78 is 5.30. The number of nitrogens with zero attached hydrogens (tertiary/aromatic N) is 1. The maximum atomic E-state index is 12.2. The van der Waals surface area contributed by atoms with Crippen molar-refractivity contribution < 1.29 is 14.0 Å². The maximum absolute atomic E-state index is 12.2. The zero-order valence-corrected chi connectivity index (χ0v) is 9.97. The minimum absolute atomic E-state index is 0.0933. The van der Waals surface area contributed by atoms with E-state index in [9.17, 15) is 9.59 Å². The van der Waals surface area contributed by atoms with E-state index in [2.05, 4.69) is 5.32 Å². The third-order valence-corrected chi connectivity index (χ3v) is 3.01. The van der Waals surface area contributed by atoms with E-state index in [4.69, 9.17) is 9.83 Å². The van der Waals surface area contributed by atoms with E-state index in [1.165, 1.54) is 0 Å². The van der Waals surface area contributed by atoms with Crippen LogP contribution >= 0.6 is 0 Å². The molecule has 0 saturated carbocycles. The Hall–Kier alpha value is -2.63. The normalized spacial score (nSPS) is 14.7. The topological polar surface area (TPSA) is 86.4 Å². The van der Waals surface area contributed by atoms with E-state index in [1.54, 1.807) is 24.3 Å². The number of carbonyl (C=O) groups is 2. The fourth-order valence-corrected chi connectivity index (χ4v) is 2.05. The number of fused-ring (bicyclic) bond motifs is 1. The molecule has 0 radical (unpaired) electrons. The number of amides is 3. The van der Waals surface area contributed by atoms with Gasteiger partial charge in [-0.15, -0.1) is 0 Å². The minimum Gasteiger partial charge on any atom is -0.438 e. The number of imide groups is 1. The van der Waals surface area contributed by atoms with Gasteiger partial charge in [0.2, 0.25) is 5.55 Å². The van der Waals surface area contributed by atoms with Crippen LogP contribution in [0.5, 0.6) is 0 Å². The molecule has 6 heteroatoms. The summed E-state index contributed by atoms with van der Waals surface area (Å²) in [4.78, 5) is 24.8. The van der Waals surface area contributed by atoms with Crippen LogP contribution in [0.25, 0.3) is 11.0 Å². The number of carbonyl (C=O) groups excluding carboxylic acids is 2. The highest BCUT2D eigenvalue weighted by molar-refractivity contribution is 6.05. The molecule has 2 heterocycles. The fraction of sp³-hybridized carbons (Fsp3) is 0.154. The van der Waals surface area contributed by atoms with Crippen LogP contribution in [-0.4, -0.2) is 29.9 Å². The highest BCUT2D eigenvalue weighted by atomic mass is 16.3. The number of hydrogen-bond donors (Lipinski definition) is 2. The molecule has 0 aliphatic carbocycles. The van der Waals surface area contributed by atoms with Gasteiger partial charge in [-0.1, -0.05) is 18.2 Å². The SMILES string of the molecule is N=c1oc2ccccc2cc1C(=O)N1CCNC1=O. The second-order valence-corrected chi connectivity index (χ2v) is 4.22. The van der Waals surface area contributed by atoms with Gasteiger partial charge in [-0.05, 0) is 12.1 Å². The van der Waals surface area contributed by atoms with Crippen molar-refractivity contribution in [2.24, 2.45) is 0 Å². The van der Waals surface area contributed by atoms with Gasteiger partial charge in [0.25, 0.3) is 5.91 Å². The summed E-state index contributed by atoms with van der Waals surface area (Å²) in [6.07, 6.45) is 0. The average molecular weight is 257 g/mol. The number of urea groups is 1. The second kappa shape index (κ2) is 4.24. The number of para-hydroxylation sites is 1. The standard InChI is InChI=1S/C13H11N3O3/c14-11-9(12(17)16-6-5-15-13(16)18)7-8-3-1-2-4-10(8)19-11/h1-4,7,14H,5-6H2,(H,15,18). The van der Waals surface area contributed by atoms with Gasteiger partial charge >= 0.3 is 6.03 Å². The van der Waals surface area contributed by atoms with Crippen LogP contribution < -0.4 is 10.9 Å². The summed E-state index contributed by atoms with van der Waals surface area (Å²) in [6, 6.07) is 8.27. The lowest BCUT2D eigenvalue weighted by Gasteiger charge is -2.11. The van der Waals surface area contributed by atoms with E-state index < -0.39 is 11.9 Å². The zero-order valence-electron chi connectivity index (χ0n) is 9.97. The monoisotopic (exact) mass is 257 g/mol. The Bertz CT molecular complexity index is 735. The Kier molecular flexibility index (Phi) is 2.56. The average Bonchev–Trinajstić information content (AvgIpc) is 2.83. The molecule has 2 N–H and O–H groups in total. The van der Waals surface area contributed by atoms with Crippen molar-refractivity contribution in [2.75, 3.05) is 13.1 Å². The Morgan fingerprint density at radius 2 is 2.16 bits per heavy atom. The molecule has 3 amide bonds. The largest absolute Gasteiger partial charge is 0.438 e. The van der Waals surface area contributed by atoms with Crippen molar-refractivity contribution >= 4 is 22.9 Å². The van der Waals surface area contributed by atoms with Crippen molar-refractivity contribution in [2.45, 2.75) is 0 Å². The smallest absolute Gasteiger partial charge is 0.324 e. The van der Waals surface area contributed by atoms with Crippen LogP contribution in [0.15, 0.2) is 34.7 Å². The second-order valence-electron chi connectivity index (χ2n) is 4.22. The minimum atomic E-state index is -0.505. The molecule has 2 aromatic rings. The Morgan fingerprint density at radius 3 is 2.89 bits per heavy atom. The predicted octanol–water partition coefficient (Wildman–Crippen LogP) is 1.08. The lowest BCUT2D eigenvalue weighted by Crippen LogP contribution is -2.36. The van der Waals surface area contributed by atoms with Crippen molar-refractivity contribution in [3.8, 4) is 0 Å². The third kappa shape index (κ3) is 1.87. The van der Waals surface area contributed by atoms with Gasteiger partial charge < -0.3 is 9.73 Å². The quantitative estimate of drug-likeness (QED) is 0.801. The summed E-state index contributed by atoms with van der Waals surface area (Å²) in [5.41, 5.74) is 0.397. The molecule has 1 aliphatic heterocycles. The molecule has 3 rings (SSSR count). The molecule has 0 spiro atoms. The van der Waals surface area contributed by atoms with E-state index in [0.29, 0.717) is 18.7 Å². The van der Waals surface area contributed by atoms with Crippen molar-refractivity contribution in [1.29, 1.82) is 5.41 Å². The molecule has 0 atom stereocenters. The fourth-order valence-electron chi connectivity index (χ4n) is 2.05. The molecule has 1 fully saturated rings. The van der Waals surface area contributed by atoms with Crippen LogP contribution in [0.4, 0.5) is 4.79 Å². The van der Waals surface area contributed by atoms with Gasteiger partial charge in [-0.3, -0.25) is 15.1 Å². The summed E-state index contributed by atoms with van der Waals surface area (Å²) in [6.45, 7) is 0.743. The van der Waals surface area contributed by atoms with E-state index in [1.807, 2.05) is 6.07 Å². The summed E-state index contributed by atoms with van der Waals surface area (Å²) in [5, 5.41) is 11.0. The summed E-state index contributed by atoms with van der Waals surface area (Å²) in [5.74, 6) is -0.505. The number of nitrogens with one attached hydrogen (secondary N) is 2. The summed E-state index contributed by atoms with van der Waals surface area (Å²) in [7, 11) is 0. The van der Waals surface area contributed by atoms with E-state index in [-0.39, 0.29) is 11.1 Å². The molecule has 6 nitrogen and oxygen atoms in total. The van der Waals surface area contributed by atoms with Gasteiger partial charge in [0.1, 0.15) is 11.1 Å². The molecular weight excluding hydrogens is 246 g/mol. The van der Waals surface area contributed by atoms with Crippen LogP contribution in [0.2, 0.25) is 0 Å². The highest BCUT2D eigenvalue weighted by Crippen LogP contribution is 2.14. The number of benzene rings is 1. The maximum Gasteiger partial charge on any atom is 0.324 e. The Morgan fingerprint density at radius 1 is 1.37 bits per heavy atom. The lowest BCUT2D eigenvalue weighted by molar-refractivity contribution is 0.0824. The highest BCUT2D eigenvalue weighted by Gasteiger charge is 2.28. The molecule has 1 aromatic heterocycles. The van der Waals surface area contributed by atoms with E-state index in [0.717, 1.165) is 10.3 Å². The van der Waals surface area contributed by atoms with Gasteiger partial charge in [-0.25, -0.2) is 4.79 Å². The van der Waals surface area contributed by atoms with Gasteiger partial charge in [0.05, 0.1) is 0 Å². The van der Waals surface area contributed by atoms with E-state index >= 15 is 0 Å². The van der Waals surface area contributed by atoms with Crippen molar-refractivity contribution in [3.63, 3.8) is 0 Å². The first kappa shape index (κ1) is 11.5. The molecule has 1 aliphatic rings. The molecule has 1 aromatic carbocycles. The number of hydrogen-bond acceptors (Lipinski definition) is 4. The molecule has 0 bridgehead atoms. The zero-order chi connectivity index (χ0) is 13.4. The summed E-state index contributed by atoms with van der Waals surface area (Å²) >= 11 is 0. The van der Waals surface area contributed by atoms with Crippen LogP contribution in [-0.2, 0) is 0 Å². The van der Waals surface area contributed by atoms with Crippen LogP contribution in [0, 0.1) is 5.41 Å². The molecule has 19 heavy (non-hydrogen) atoms. The Balaban J connectivity index is 2.09. The van der Waals surface area contributed by atoms with Gasteiger partial charge in [0.15, 0.2) is 0 Å². The molecular formula is C13H11N3O3. The van der Waals surface area contributed by atoms with Crippen molar-refractivity contribution in [3.05, 3.63) is 41.4 Å². The first-order valence-corrected chi connectivity index (χ1v) is 5.84. The van der Waals surface area contributed by atoms with Gasteiger partial charge in [-0.2, -0.15) is 0 Å². The first-order valence-electron chi connectivity index (χ1n) is 5.84. The first-order chi connectivity index (χ1) is 9.16. The van der Waals surface area contributed by atoms with Crippen LogP contribution in [0.1, 0.15) is 10.4 Å². The molecule has 0 unspecified atom stereocenters. The van der Waals surface area contributed by atoms with Crippen LogP contribution in [0.3, 0.4) is 0 Å². The van der Waals surface area contributed by atoms with Gasteiger partial charge in [0, 0.05) is 18.5 Å². The molecule has 96 valence electrons. The lowest BCUT2D eigenvalue weighted by atomic mass is 10.1. The number of rotatable bonds is 1.